The molecule has 0 N–H and O–H groups in total. The maximum Gasteiger partial charge on any atom is 0.302 e. The standard InChI is InChI=1S/C14H22N2O3S/c1-4-10-8(2)12(18-9(3)17)11-13(19-10)20-14(15-11)16-6-5-7-16/h8,10-13H,4-7H2,1-3H3/t8-,10-,11-,12+,13-/m1/s1. The van der Waals surface area contributed by atoms with Crippen LogP contribution in [0, 0.1) is 5.92 Å². The fraction of sp³-hybridized carbons (Fsp3) is 0.857. The quantitative estimate of drug-likeness (QED) is 0.728. The molecular weight excluding hydrogens is 276 g/mol. The molecule has 0 amide bonds. The van der Waals surface area contributed by atoms with Gasteiger partial charge in [0.15, 0.2) is 5.17 Å². The Hall–Kier alpha value is -0.750. The first-order chi connectivity index (χ1) is 9.60. The maximum atomic E-state index is 11.4. The molecule has 0 aliphatic carbocycles. The fourth-order valence-electron chi connectivity index (χ4n) is 3.05. The van der Waals surface area contributed by atoms with E-state index in [0.29, 0.717) is 0 Å². The lowest BCUT2D eigenvalue weighted by Crippen LogP contribution is -2.51. The Kier molecular flexibility index (Phi) is 3.95. The second kappa shape index (κ2) is 5.56. The summed E-state index contributed by atoms with van der Waals surface area (Å²) >= 11 is 1.69. The number of aliphatic imine (C=N–C) groups is 1. The van der Waals surface area contributed by atoms with Gasteiger partial charge in [-0.2, -0.15) is 0 Å². The normalized spacial score (nSPS) is 39.9. The summed E-state index contributed by atoms with van der Waals surface area (Å²) in [6, 6.07) is -0.0581. The molecule has 2 saturated heterocycles. The van der Waals surface area contributed by atoms with Gasteiger partial charge in [-0.3, -0.25) is 9.79 Å². The van der Waals surface area contributed by atoms with Crippen molar-refractivity contribution in [3.63, 3.8) is 0 Å². The Morgan fingerprint density at radius 3 is 2.85 bits per heavy atom. The summed E-state index contributed by atoms with van der Waals surface area (Å²) in [5, 5.41) is 1.06. The third kappa shape index (κ3) is 2.44. The van der Waals surface area contributed by atoms with Crippen molar-refractivity contribution in [1.82, 2.24) is 4.90 Å². The van der Waals surface area contributed by atoms with Crippen LogP contribution in [0.5, 0.6) is 0 Å². The van der Waals surface area contributed by atoms with Gasteiger partial charge in [-0.05, 0) is 12.8 Å². The Balaban J connectivity index is 1.80. The lowest BCUT2D eigenvalue weighted by Gasteiger charge is -2.40. The van der Waals surface area contributed by atoms with Gasteiger partial charge in [-0.15, -0.1) is 0 Å². The Morgan fingerprint density at radius 2 is 2.30 bits per heavy atom. The van der Waals surface area contributed by atoms with Gasteiger partial charge in [-0.1, -0.05) is 25.6 Å². The summed E-state index contributed by atoms with van der Waals surface area (Å²) in [7, 11) is 0. The molecule has 0 aromatic carbocycles. The number of ether oxygens (including phenoxy) is 2. The number of carbonyl (C=O) groups excluding carboxylic acids is 1. The number of hydrogen-bond donors (Lipinski definition) is 0. The molecule has 112 valence electrons. The molecule has 6 heteroatoms. The molecule has 5 nitrogen and oxygen atoms in total. The van der Waals surface area contributed by atoms with Crippen molar-refractivity contribution in [3.8, 4) is 0 Å². The first-order valence-electron chi connectivity index (χ1n) is 7.42. The van der Waals surface area contributed by atoms with Crippen molar-refractivity contribution >= 4 is 22.9 Å². The number of rotatable bonds is 2. The van der Waals surface area contributed by atoms with E-state index in [1.807, 2.05) is 0 Å². The van der Waals surface area contributed by atoms with E-state index in [4.69, 9.17) is 14.5 Å². The molecule has 0 aromatic rings. The minimum absolute atomic E-state index is 0.00361. The number of fused-ring (bicyclic) bond motifs is 1. The van der Waals surface area contributed by atoms with Crippen molar-refractivity contribution in [2.24, 2.45) is 10.9 Å². The van der Waals surface area contributed by atoms with Crippen LogP contribution in [-0.4, -0.2) is 52.8 Å². The molecule has 0 spiro atoms. The second-order valence-corrected chi connectivity index (χ2v) is 6.81. The second-order valence-electron chi connectivity index (χ2n) is 5.75. The van der Waals surface area contributed by atoms with Gasteiger partial charge in [0, 0.05) is 25.9 Å². The van der Waals surface area contributed by atoms with Crippen LogP contribution in [0.4, 0.5) is 0 Å². The van der Waals surface area contributed by atoms with Gasteiger partial charge >= 0.3 is 5.97 Å². The van der Waals surface area contributed by atoms with Crippen molar-refractivity contribution in [1.29, 1.82) is 0 Å². The Labute approximate surface area is 124 Å². The largest absolute Gasteiger partial charge is 0.460 e. The van der Waals surface area contributed by atoms with Crippen LogP contribution in [0.2, 0.25) is 0 Å². The summed E-state index contributed by atoms with van der Waals surface area (Å²) < 4.78 is 11.7. The first kappa shape index (κ1) is 14.2. The lowest BCUT2D eigenvalue weighted by molar-refractivity contribution is -0.166. The van der Waals surface area contributed by atoms with Crippen LogP contribution in [-0.2, 0) is 14.3 Å². The number of nitrogens with zero attached hydrogens (tertiary/aromatic N) is 2. The predicted molar refractivity (Wildman–Crippen MR) is 78.7 cm³/mol. The van der Waals surface area contributed by atoms with E-state index in [1.165, 1.54) is 13.3 Å². The maximum absolute atomic E-state index is 11.4. The van der Waals surface area contributed by atoms with Crippen molar-refractivity contribution < 1.29 is 14.3 Å². The van der Waals surface area contributed by atoms with E-state index in [2.05, 4.69) is 18.7 Å². The number of carbonyl (C=O) groups is 1. The van der Waals surface area contributed by atoms with E-state index in [0.717, 1.165) is 24.7 Å². The zero-order chi connectivity index (χ0) is 14.3. The fourth-order valence-corrected chi connectivity index (χ4v) is 4.32. The third-order valence-corrected chi connectivity index (χ3v) is 5.54. The minimum atomic E-state index is -0.227. The highest BCUT2D eigenvalue weighted by Gasteiger charge is 2.49. The van der Waals surface area contributed by atoms with Crippen molar-refractivity contribution in [2.75, 3.05) is 13.1 Å². The summed E-state index contributed by atoms with van der Waals surface area (Å²) in [6.45, 7) is 7.84. The molecule has 0 radical (unpaired) electrons. The summed E-state index contributed by atoms with van der Waals surface area (Å²) in [4.78, 5) is 18.5. The Bertz CT molecular complexity index is 425. The number of amidine groups is 1. The third-order valence-electron chi connectivity index (χ3n) is 4.34. The number of thioether (sulfide) groups is 1. The lowest BCUT2D eigenvalue weighted by atomic mass is 9.88. The number of hydrogen-bond acceptors (Lipinski definition) is 6. The van der Waals surface area contributed by atoms with E-state index in [9.17, 15) is 4.79 Å². The molecule has 20 heavy (non-hydrogen) atoms. The topological polar surface area (TPSA) is 51.1 Å². The molecule has 0 unspecified atom stereocenters. The van der Waals surface area contributed by atoms with Gasteiger partial charge in [0.1, 0.15) is 17.6 Å². The van der Waals surface area contributed by atoms with Crippen molar-refractivity contribution in [3.05, 3.63) is 0 Å². The van der Waals surface area contributed by atoms with Gasteiger partial charge in [-0.25, -0.2) is 0 Å². The number of esters is 1. The van der Waals surface area contributed by atoms with Crippen LogP contribution in [0.1, 0.15) is 33.6 Å². The van der Waals surface area contributed by atoms with Gasteiger partial charge in [0.25, 0.3) is 0 Å². The summed E-state index contributed by atoms with van der Waals surface area (Å²) in [5.41, 5.74) is -0.00361. The van der Waals surface area contributed by atoms with Gasteiger partial charge in [0.05, 0.1) is 6.10 Å². The molecule has 3 aliphatic heterocycles. The smallest absolute Gasteiger partial charge is 0.302 e. The van der Waals surface area contributed by atoms with E-state index < -0.39 is 0 Å². The number of likely N-dealkylation sites (tertiary alicyclic amines) is 1. The molecule has 3 rings (SSSR count). The molecule has 3 aliphatic rings. The van der Waals surface area contributed by atoms with Crippen LogP contribution < -0.4 is 0 Å². The molecule has 0 bridgehead atoms. The molecule has 0 aromatic heterocycles. The molecule has 3 heterocycles. The molecule has 5 atom stereocenters. The molecule has 2 fully saturated rings. The average Bonchev–Trinajstić information content (AvgIpc) is 2.73. The zero-order valence-electron chi connectivity index (χ0n) is 12.2. The van der Waals surface area contributed by atoms with E-state index >= 15 is 0 Å². The summed E-state index contributed by atoms with van der Waals surface area (Å²) in [6.07, 6.45) is 2.14. The first-order valence-corrected chi connectivity index (χ1v) is 8.30. The van der Waals surface area contributed by atoms with Crippen LogP contribution in [0.15, 0.2) is 4.99 Å². The molecule has 0 saturated carbocycles. The van der Waals surface area contributed by atoms with Gasteiger partial charge < -0.3 is 14.4 Å². The highest BCUT2D eigenvalue weighted by molar-refractivity contribution is 8.14. The van der Waals surface area contributed by atoms with Crippen LogP contribution in [0.25, 0.3) is 0 Å². The highest BCUT2D eigenvalue weighted by atomic mass is 32.2. The minimum Gasteiger partial charge on any atom is -0.460 e. The highest BCUT2D eigenvalue weighted by Crippen LogP contribution is 2.42. The van der Waals surface area contributed by atoms with Crippen molar-refractivity contribution in [2.45, 2.75) is 57.3 Å². The van der Waals surface area contributed by atoms with E-state index in [1.54, 1.807) is 11.8 Å². The predicted octanol–water partition coefficient (Wildman–Crippen LogP) is 1.87. The molecular formula is C14H22N2O3S. The SMILES string of the molecule is CC[C@H]1O[C@@H]2SC(N3CCC3)=N[C@@H]2[C@@H](OC(C)=O)[C@@H]1C. The Morgan fingerprint density at radius 1 is 1.55 bits per heavy atom. The average molecular weight is 298 g/mol. The zero-order valence-corrected chi connectivity index (χ0v) is 13.1. The monoisotopic (exact) mass is 298 g/mol. The van der Waals surface area contributed by atoms with Crippen LogP contribution in [0.3, 0.4) is 0 Å². The van der Waals surface area contributed by atoms with Crippen LogP contribution >= 0.6 is 11.8 Å². The van der Waals surface area contributed by atoms with E-state index in [-0.39, 0.29) is 35.6 Å². The van der Waals surface area contributed by atoms with Gasteiger partial charge in [0.2, 0.25) is 0 Å². The summed E-state index contributed by atoms with van der Waals surface area (Å²) in [5.74, 6) is -0.0415.